The molecule has 0 heterocycles. The average Bonchev–Trinajstić information content (AvgIpc) is 2.30. The van der Waals surface area contributed by atoms with Crippen LogP contribution < -0.4 is 5.32 Å². The van der Waals surface area contributed by atoms with Crippen LogP contribution in [0.5, 0.6) is 0 Å². The Kier molecular flexibility index (Phi) is 6.06. The molecule has 0 aromatic carbocycles. The van der Waals surface area contributed by atoms with Crippen LogP contribution in [0, 0.1) is 5.92 Å². The number of thioether (sulfide) groups is 1. The van der Waals surface area contributed by atoms with E-state index in [1.165, 1.54) is 51.6 Å². The molecule has 1 nitrogen and oxygen atoms in total. The van der Waals surface area contributed by atoms with Crippen molar-refractivity contribution >= 4 is 11.8 Å². The molecule has 90 valence electrons. The van der Waals surface area contributed by atoms with E-state index in [2.05, 4.69) is 37.2 Å². The van der Waals surface area contributed by atoms with Gasteiger partial charge in [-0.1, -0.05) is 39.5 Å². The molecule has 0 spiro atoms. The third-order valence-corrected chi connectivity index (χ3v) is 5.25. The van der Waals surface area contributed by atoms with Crippen LogP contribution in [0.3, 0.4) is 0 Å². The van der Waals surface area contributed by atoms with Crippen LogP contribution in [0.2, 0.25) is 0 Å². The second-order valence-corrected chi connectivity index (χ2v) is 6.37. The van der Waals surface area contributed by atoms with Crippen molar-refractivity contribution in [3.63, 3.8) is 0 Å². The van der Waals surface area contributed by atoms with E-state index in [0.29, 0.717) is 4.75 Å². The number of rotatable bonds is 6. The molecule has 15 heavy (non-hydrogen) atoms. The minimum atomic E-state index is 0.561. The van der Waals surface area contributed by atoms with Crippen LogP contribution >= 0.6 is 11.8 Å². The van der Waals surface area contributed by atoms with E-state index in [9.17, 15) is 0 Å². The maximum absolute atomic E-state index is 3.68. The van der Waals surface area contributed by atoms with Gasteiger partial charge in [-0.15, -0.1) is 0 Å². The van der Waals surface area contributed by atoms with E-state index in [4.69, 9.17) is 0 Å². The van der Waals surface area contributed by atoms with Crippen molar-refractivity contribution in [2.75, 3.05) is 19.3 Å². The number of nitrogens with one attached hydrogen (secondary N) is 1. The molecule has 1 aliphatic rings. The van der Waals surface area contributed by atoms with Crippen LogP contribution in [-0.4, -0.2) is 24.1 Å². The van der Waals surface area contributed by atoms with Crippen LogP contribution in [0.15, 0.2) is 0 Å². The first-order valence-electron chi connectivity index (χ1n) is 6.48. The molecular formula is C13H27NS. The lowest BCUT2D eigenvalue weighted by Gasteiger charge is -2.36. The van der Waals surface area contributed by atoms with Crippen LogP contribution in [0.1, 0.15) is 52.4 Å². The minimum Gasteiger partial charge on any atom is -0.315 e. The molecule has 0 saturated heterocycles. The van der Waals surface area contributed by atoms with Gasteiger partial charge in [0, 0.05) is 11.3 Å². The molecule has 1 atom stereocenters. The molecule has 1 rings (SSSR count). The average molecular weight is 229 g/mol. The molecule has 0 aromatic rings. The first-order valence-corrected chi connectivity index (χ1v) is 7.71. The summed E-state index contributed by atoms with van der Waals surface area (Å²) in [5.41, 5.74) is 0. The molecule has 1 N–H and O–H groups in total. The Labute approximate surface area is 99.8 Å². The van der Waals surface area contributed by atoms with Crippen molar-refractivity contribution in [3.8, 4) is 0 Å². The summed E-state index contributed by atoms with van der Waals surface area (Å²) in [7, 11) is 0. The molecule has 2 heteroatoms. The van der Waals surface area contributed by atoms with Gasteiger partial charge in [-0.05, 0) is 31.6 Å². The summed E-state index contributed by atoms with van der Waals surface area (Å²) in [6.07, 6.45) is 10.7. The molecule has 0 bridgehead atoms. The zero-order chi connectivity index (χ0) is 11.1. The highest BCUT2D eigenvalue weighted by Gasteiger charge is 2.30. The summed E-state index contributed by atoms with van der Waals surface area (Å²) in [6.45, 7) is 7.02. The molecule has 0 radical (unpaired) electrons. The van der Waals surface area contributed by atoms with Crippen LogP contribution in [0.25, 0.3) is 0 Å². The van der Waals surface area contributed by atoms with Gasteiger partial charge in [0.1, 0.15) is 0 Å². The smallest absolute Gasteiger partial charge is 0.0281 e. The van der Waals surface area contributed by atoms with Crippen molar-refractivity contribution in [2.24, 2.45) is 5.92 Å². The van der Waals surface area contributed by atoms with Crippen molar-refractivity contribution in [1.29, 1.82) is 0 Å². The Balaban J connectivity index is 2.26. The Morgan fingerprint density at radius 1 is 1.27 bits per heavy atom. The lowest BCUT2D eigenvalue weighted by Crippen LogP contribution is -2.40. The molecule has 0 aliphatic heterocycles. The van der Waals surface area contributed by atoms with E-state index in [0.717, 1.165) is 5.92 Å². The monoisotopic (exact) mass is 229 g/mol. The zero-order valence-electron chi connectivity index (χ0n) is 10.6. The van der Waals surface area contributed by atoms with Crippen molar-refractivity contribution < 1.29 is 0 Å². The molecule has 1 fully saturated rings. The standard InChI is InChI=1S/C13H27NS/c1-4-12(2)10-14-11-13(15-3)8-6-5-7-9-13/h12,14H,4-11H2,1-3H3. The Morgan fingerprint density at radius 3 is 2.47 bits per heavy atom. The highest BCUT2D eigenvalue weighted by Crippen LogP contribution is 2.37. The Hall–Kier alpha value is 0.310. The Morgan fingerprint density at radius 2 is 1.93 bits per heavy atom. The fourth-order valence-corrected chi connectivity index (χ4v) is 3.28. The van der Waals surface area contributed by atoms with Crippen LogP contribution in [0.4, 0.5) is 0 Å². The molecule has 1 aliphatic carbocycles. The fourth-order valence-electron chi connectivity index (χ4n) is 2.34. The topological polar surface area (TPSA) is 12.0 Å². The molecule has 0 amide bonds. The zero-order valence-corrected chi connectivity index (χ0v) is 11.5. The van der Waals surface area contributed by atoms with Gasteiger partial charge >= 0.3 is 0 Å². The van der Waals surface area contributed by atoms with Gasteiger partial charge in [0.05, 0.1) is 0 Å². The van der Waals surface area contributed by atoms with Gasteiger partial charge in [-0.25, -0.2) is 0 Å². The van der Waals surface area contributed by atoms with Gasteiger partial charge in [-0.2, -0.15) is 11.8 Å². The second-order valence-electron chi connectivity index (χ2n) is 5.09. The summed E-state index contributed by atoms with van der Waals surface area (Å²) in [5, 5.41) is 3.68. The molecule has 0 aromatic heterocycles. The summed E-state index contributed by atoms with van der Waals surface area (Å²) in [6, 6.07) is 0. The summed E-state index contributed by atoms with van der Waals surface area (Å²) in [4.78, 5) is 0. The van der Waals surface area contributed by atoms with E-state index >= 15 is 0 Å². The summed E-state index contributed by atoms with van der Waals surface area (Å²) < 4.78 is 0.561. The fraction of sp³-hybridized carbons (Fsp3) is 1.00. The van der Waals surface area contributed by atoms with Crippen molar-refractivity contribution in [2.45, 2.75) is 57.1 Å². The summed E-state index contributed by atoms with van der Waals surface area (Å²) in [5.74, 6) is 0.826. The highest BCUT2D eigenvalue weighted by molar-refractivity contribution is 8.00. The lowest BCUT2D eigenvalue weighted by molar-refractivity contribution is 0.368. The van der Waals surface area contributed by atoms with Crippen molar-refractivity contribution in [3.05, 3.63) is 0 Å². The second kappa shape index (κ2) is 6.80. The maximum atomic E-state index is 3.68. The van der Waals surface area contributed by atoms with E-state index in [1.54, 1.807) is 0 Å². The van der Waals surface area contributed by atoms with Gasteiger partial charge in [0.15, 0.2) is 0 Å². The summed E-state index contributed by atoms with van der Waals surface area (Å²) >= 11 is 2.09. The third kappa shape index (κ3) is 4.36. The first-order chi connectivity index (χ1) is 7.22. The largest absolute Gasteiger partial charge is 0.315 e. The van der Waals surface area contributed by atoms with Crippen LogP contribution in [-0.2, 0) is 0 Å². The van der Waals surface area contributed by atoms with Gasteiger partial charge < -0.3 is 5.32 Å². The lowest BCUT2D eigenvalue weighted by atomic mass is 9.88. The van der Waals surface area contributed by atoms with E-state index < -0.39 is 0 Å². The number of hydrogen-bond acceptors (Lipinski definition) is 2. The minimum absolute atomic E-state index is 0.561. The highest BCUT2D eigenvalue weighted by atomic mass is 32.2. The molecule has 1 saturated carbocycles. The van der Waals surface area contributed by atoms with Gasteiger partial charge in [-0.3, -0.25) is 0 Å². The Bertz CT molecular complexity index is 164. The SMILES string of the molecule is CCC(C)CNCC1(SC)CCCCC1. The van der Waals surface area contributed by atoms with E-state index in [1.807, 2.05) is 0 Å². The van der Waals surface area contributed by atoms with Gasteiger partial charge in [0.2, 0.25) is 0 Å². The van der Waals surface area contributed by atoms with Crippen molar-refractivity contribution in [1.82, 2.24) is 5.32 Å². The van der Waals surface area contributed by atoms with E-state index in [-0.39, 0.29) is 0 Å². The normalized spacial score (nSPS) is 22.6. The molecule has 1 unspecified atom stereocenters. The number of hydrogen-bond donors (Lipinski definition) is 1. The predicted octanol–water partition coefficient (Wildman–Crippen LogP) is 3.69. The maximum Gasteiger partial charge on any atom is 0.0281 e. The predicted molar refractivity (Wildman–Crippen MR) is 71.7 cm³/mol. The molecular weight excluding hydrogens is 202 g/mol. The van der Waals surface area contributed by atoms with Gasteiger partial charge in [0.25, 0.3) is 0 Å². The first kappa shape index (κ1) is 13.4. The third-order valence-electron chi connectivity index (χ3n) is 3.83. The quantitative estimate of drug-likeness (QED) is 0.745.